The molecule has 0 aliphatic carbocycles. The fourth-order valence-electron chi connectivity index (χ4n) is 1.76. The van der Waals surface area contributed by atoms with Gasteiger partial charge in [-0.3, -0.25) is 4.79 Å². The van der Waals surface area contributed by atoms with Crippen LogP contribution in [0.2, 0.25) is 0 Å². The number of terminal acetylenes is 1. The maximum Gasteiger partial charge on any atom is 0.214 e. The fourth-order valence-corrected chi connectivity index (χ4v) is 1.76. The molecule has 2 nitrogen and oxygen atoms in total. The topological polar surface area (TPSA) is 37.3 Å². The first kappa shape index (κ1) is 12.1. The highest BCUT2D eigenvalue weighted by Gasteiger charge is 2.36. The zero-order chi connectivity index (χ0) is 13.0. The molecule has 0 fully saturated rings. The van der Waals surface area contributed by atoms with Gasteiger partial charge in [0.25, 0.3) is 0 Å². The zero-order valence-electron chi connectivity index (χ0n) is 9.71. The number of ketones is 1. The standard InChI is InChI=1S/C16H12O2/c1-2-16(18,14-11-7-4-8-12-14)15(17)13-9-5-3-6-10-13/h1,3-12,18H. The van der Waals surface area contributed by atoms with E-state index < -0.39 is 11.4 Å². The van der Waals surface area contributed by atoms with Crippen LogP contribution in [0.1, 0.15) is 15.9 Å². The van der Waals surface area contributed by atoms with Crippen LogP contribution in [-0.2, 0) is 5.60 Å². The molecule has 2 aromatic rings. The van der Waals surface area contributed by atoms with E-state index in [1.54, 1.807) is 60.7 Å². The Morgan fingerprint density at radius 1 is 1.00 bits per heavy atom. The molecule has 0 heterocycles. The van der Waals surface area contributed by atoms with Crippen molar-refractivity contribution in [3.05, 3.63) is 71.8 Å². The number of aliphatic hydroxyl groups is 1. The van der Waals surface area contributed by atoms with Crippen molar-refractivity contribution in [2.75, 3.05) is 0 Å². The highest BCUT2D eigenvalue weighted by atomic mass is 16.3. The number of rotatable bonds is 3. The van der Waals surface area contributed by atoms with E-state index in [9.17, 15) is 9.90 Å². The molecule has 0 aromatic heterocycles. The molecule has 2 aromatic carbocycles. The van der Waals surface area contributed by atoms with E-state index in [1.807, 2.05) is 0 Å². The van der Waals surface area contributed by atoms with E-state index in [2.05, 4.69) is 5.92 Å². The highest BCUT2D eigenvalue weighted by molar-refractivity contribution is 6.05. The summed E-state index contributed by atoms with van der Waals surface area (Å²) in [5, 5.41) is 10.4. The smallest absolute Gasteiger partial charge is 0.214 e. The first-order valence-electron chi connectivity index (χ1n) is 5.54. The number of hydrogen-bond donors (Lipinski definition) is 1. The lowest BCUT2D eigenvalue weighted by Crippen LogP contribution is -2.34. The van der Waals surface area contributed by atoms with Gasteiger partial charge >= 0.3 is 0 Å². The second-order valence-corrected chi connectivity index (χ2v) is 3.92. The van der Waals surface area contributed by atoms with Crippen molar-refractivity contribution in [2.45, 2.75) is 5.60 Å². The van der Waals surface area contributed by atoms with E-state index in [0.717, 1.165) is 0 Å². The summed E-state index contributed by atoms with van der Waals surface area (Å²) in [5.74, 6) is 1.71. The fraction of sp³-hybridized carbons (Fsp3) is 0.0625. The highest BCUT2D eigenvalue weighted by Crippen LogP contribution is 2.24. The summed E-state index contributed by atoms with van der Waals surface area (Å²) in [6.45, 7) is 0. The first-order chi connectivity index (χ1) is 8.68. The molecule has 2 heteroatoms. The largest absolute Gasteiger partial charge is 0.367 e. The van der Waals surface area contributed by atoms with E-state index in [4.69, 9.17) is 6.42 Å². The molecule has 0 saturated carbocycles. The van der Waals surface area contributed by atoms with Crippen LogP contribution in [-0.4, -0.2) is 10.9 Å². The third-order valence-electron chi connectivity index (χ3n) is 2.77. The van der Waals surface area contributed by atoms with E-state index in [1.165, 1.54) is 0 Å². The van der Waals surface area contributed by atoms with Crippen molar-refractivity contribution in [1.82, 2.24) is 0 Å². The van der Waals surface area contributed by atoms with Crippen LogP contribution in [0.15, 0.2) is 60.7 Å². The molecule has 1 atom stereocenters. The molecule has 88 valence electrons. The minimum atomic E-state index is -1.91. The Balaban J connectivity index is 2.47. The van der Waals surface area contributed by atoms with Gasteiger partial charge in [-0.05, 0) is 0 Å². The third-order valence-corrected chi connectivity index (χ3v) is 2.77. The summed E-state index contributed by atoms with van der Waals surface area (Å²) >= 11 is 0. The number of carbonyl (C=O) groups excluding carboxylic acids is 1. The van der Waals surface area contributed by atoms with Gasteiger partial charge in [-0.1, -0.05) is 66.6 Å². The third kappa shape index (κ3) is 2.04. The lowest BCUT2D eigenvalue weighted by molar-refractivity contribution is 0.0554. The monoisotopic (exact) mass is 236 g/mol. The van der Waals surface area contributed by atoms with Crippen molar-refractivity contribution in [1.29, 1.82) is 0 Å². The Morgan fingerprint density at radius 3 is 2.00 bits per heavy atom. The van der Waals surface area contributed by atoms with Gasteiger partial charge in [0, 0.05) is 11.1 Å². The first-order valence-corrected chi connectivity index (χ1v) is 5.54. The van der Waals surface area contributed by atoms with Crippen LogP contribution in [0.5, 0.6) is 0 Å². The molecule has 0 spiro atoms. The van der Waals surface area contributed by atoms with Crippen molar-refractivity contribution >= 4 is 5.78 Å². The number of Topliss-reactive ketones (excluding diaryl/α,β-unsaturated/α-hetero) is 1. The van der Waals surface area contributed by atoms with Crippen LogP contribution < -0.4 is 0 Å². The lowest BCUT2D eigenvalue weighted by Gasteiger charge is -2.21. The minimum absolute atomic E-state index is 0.391. The van der Waals surface area contributed by atoms with E-state index in [0.29, 0.717) is 11.1 Å². The van der Waals surface area contributed by atoms with Crippen molar-refractivity contribution in [2.24, 2.45) is 0 Å². The number of hydrogen-bond acceptors (Lipinski definition) is 2. The van der Waals surface area contributed by atoms with Gasteiger partial charge in [-0.2, -0.15) is 0 Å². The van der Waals surface area contributed by atoms with Crippen LogP contribution in [0.25, 0.3) is 0 Å². The van der Waals surface area contributed by atoms with Gasteiger partial charge in [0.15, 0.2) is 0 Å². The van der Waals surface area contributed by atoms with Crippen LogP contribution in [0.4, 0.5) is 0 Å². The molecule has 0 aliphatic rings. The normalized spacial score (nSPS) is 13.3. The second-order valence-electron chi connectivity index (χ2n) is 3.92. The predicted octanol–water partition coefficient (Wildman–Crippen LogP) is 2.39. The van der Waals surface area contributed by atoms with Gasteiger partial charge in [0.2, 0.25) is 11.4 Å². The molecular formula is C16H12O2. The molecule has 0 bridgehead atoms. The molecule has 18 heavy (non-hydrogen) atoms. The summed E-state index contributed by atoms with van der Waals surface area (Å²) in [4.78, 5) is 12.3. The van der Waals surface area contributed by atoms with Crippen molar-refractivity contribution in [3.63, 3.8) is 0 Å². The minimum Gasteiger partial charge on any atom is -0.367 e. The van der Waals surface area contributed by atoms with Crippen LogP contribution in [0, 0.1) is 12.3 Å². The molecule has 2 rings (SSSR count). The van der Waals surface area contributed by atoms with Crippen LogP contribution >= 0.6 is 0 Å². The Labute approximate surface area is 106 Å². The average Bonchev–Trinajstić information content (AvgIpc) is 2.47. The van der Waals surface area contributed by atoms with E-state index >= 15 is 0 Å². The van der Waals surface area contributed by atoms with Gasteiger partial charge in [-0.15, -0.1) is 6.42 Å². The van der Waals surface area contributed by atoms with Gasteiger partial charge < -0.3 is 5.11 Å². The molecule has 0 radical (unpaired) electrons. The SMILES string of the molecule is C#CC(O)(C(=O)c1ccccc1)c1ccccc1. The Morgan fingerprint density at radius 2 is 1.50 bits per heavy atom. The summed E-state index contributed by atoms with van der Waals surface area (Å²) < 4.78 is 0. The predicted molar refractivity (Wildman–Crippen MR) is 69.9 cm³/mol. The summed E-state index contributed by atoms with van der Waals surface area (Å²) in [5.41, 5.74) is -1.12. The van der Waals surface area contributed by atoms with Gasteiger partial charge in [-0.25, -0.2) is 0 Å². The maximum atomic E-state index is 12.3. The quantitative estimate of drug-likeness (QED) is 0.656. The lowest BCUT2D eigenvalue weighted by atomic mass is 9.87. The second kappa shape index (κ2) is 4.87. The molecule has 1 N–H and O–H groups in total. The molecule has 1 unspecified atom stereocenters. The van der Waals surface area contributed by atoms with Crippen molar-refractivity contribution in [3.8, 4) is 12.3 Å². The summed E-state index contributed by atoms with van der Waals surface area (Å²) in [6.07, 6.45) is 5.36. The van der Waals surface area contributed by atoms with Crippen molar-refractivity contribution < 1.29 is 9.90 Å². The Kier molecular flexibility index (Phi) is 3.27. The average molecular weight is 236 g/mol. The van der Waals surface area contributed by atoms with E-state index in [-0.39, 0.29) is 0 Å². The molecule has 0 saturated heterocycles. The summed E-state index contributed by atoms with van der Waals surface area (Å²) in [7, 11) is 0. The summed E-state index contributed by atoms with van der Waals surface area (Å²) in [6, 6.07) is 17.1. The number of benzene rings is 2. The molecule has 0 aliphatic heterocycles. The van der Waals surface area contributed by atoms with Gasteiger partial charge in [0.05, 0.1) is 0 Å². The number of carbonyl (C=O) groups is 1. The molecular weight excluding hydrogens is 224 g/mol. The van der Waals surface area contributed by atoms with Gasteiger partial charge in [0.1, 0.15) is 0 Å². The maximum absolute atomic E-state index is 12.3. The Hall–Kier alpha value is -2.37. The molecule has 0 amide bonds. The Bertz CT molecular complexity index is 581. The van der Waals surface area contributed by atoms with Crippen LogP contribution in [0.3, 0.4) is 0 Å². The zero-order valence-corrected chi connectivity index (χ0v) is 9.71.